The molecule has 94 valence electrons. The molecular formula is C12H25N3O. The SMILES string of the molecule is CCCC(N)C(=O)NCC1CCN(C)CC1. The van der Waals surface area contributed by atoms with Gasteiger partial charge in [0.15, 0.2) is 0 Å². The zero-order chi connectivity index (χ0) is 12.0. The van der Waals surface area contributed by atoms with E-state index >= 15 is 0 Å². The van der Waals surface area contributed by atoms with E-state index in [0.717, 1.165) is 32.5 Å². The van der Waals surface area contributed by atoms with E-state index in [0.29, 0.717) is 5.92 Å². The molecule has 0 aromatic rings. The van der Waals surface area contributed by atoms with Crippen molar-refractivity contribution in [3.05, 3.63) is 0 Å². The van der Waals surface area contributed by atoms with Crippen LogP contribution in [0.3, 0.4) is 0 Å². The van der Waals surface area contributed by atoms with Crippen LogP contribution in [0.2, 0.25) is 0 Å². The van der Waals surface area contributed by atoms with Crippen molar-refractivity contribution in [3.8, 4) is 0 Å². The Hall–Kier alpha value is -0.610. The lowest BCUT2D eigenvalue weighted by atomic mass is 9.97. The van der Waals surface area contributed by atoms with Crippen LogP contribution in [-0.4, -0.2) is 43.5 Å². The summed E-state index contributed by atoms with van der Waals surface area (Å²) in [4.78, 5) is 13.9. The summed E-state index contributed by atoms with van der Waals surface area (Å²) in [6, 6.07) is -0.323. The third-order valence-corrected chi connectivity index (χ3v) is 3.34. The second kappa shape index (κ2) is 6.86. The van der Waals surface area contributed by atoms with Crippen molar-refractivity contribution in [1.29, 1.82) is 0 Å². The minimum absolute atomic E-state index is 0.0146. The van der Waals surface area contributed by atoms with Crippen LogP contribution in [0.1, 0.15) is 32.6 Å². The number of piperidine rings is 1. The molecule has 1 aliphatic heterocycles. The number of nitrogens with one attached hydrogen (secondary N) is 1. The van der Waals surface area contributed by atoms with Gasteiger partial charge in [0.1, 0.15) is 0 Å². The molecule has 16 heavy (non-hydrogen) atoms. The van der Waals surface area contributed by atoms with Crippen LogP contribution >= 0.6 is 0 Å². The molecule has 1 amide bonds. The summed E-state index contributed by atoms with van der Waals surface area (Å²) in [6.45, 7) is 5.12. The van der Waals surface area contributed by atoms with E-state index in [-0.39, 0.29) is 11.9 Å². The van der Waals surface area contributed by atoms with Gasteiger partial charge in [-0.2, -0.15) is 0 Å². The van der Waals surface area contributed by atoms with Gasteiger partial charge in [0, 0.05) is 6.54 Å². The van der Waals surface area contributed by atoms with Crippen molar-refractivity contribution in [1.82, 2.24) is 10.2 Å². The fourth-order valence-corrected chi connectivity index (χ4v) is 2.08. The van der Waals surface area contributed by atoms with Gasteiger partial charge in [-0.05, 0) is 45.3 Å². The number of likely N-dealkylation sites (tertiary alicyclic amines) is 1. The maximum Gasteiger partial charge on any atom is 0.236 e. The quantitative estimate of drug-likeness (QED) is 0.722. The first kappa shape index (κ1) is 13.5. The van der Waals surface area contributed by atoms with Crippen LogP contribution in [0.25, 0.3) is 0 Å². The zero-order valence-corrected chi connectivity index (χ0v) is 10.5. The van der Waals surface area contributed by atoms with Gasteiger partial charge in [0.2, 0.25) is 5.91 Å². The van der Waals surface area contributed by atoms with E-state index in [1.54, 1.807) is 0 Å². The molecule has 0 aliphatic carbocycles. The van der Waals surface area contributed by atoms with Crippen LogP contribution in [0.5, 0.6) is 0 Å². The number of hydrogen-bond donors (Lipinski definition) is 2. The summed E-state index contributed by atoms with van der Waals surface area (Å²) >= 11 is 0. The molecule has 0 aromatic carbocycles. The fraction of sp³-hybridized carbons (Fsp3) is 0.917. The molecule has 0 spiro atoms. The molecule has 1 fully saturated rings. The van der Waals surface area contributed by atoms with Crippen molar-refractivity contribution in [2.45, 2.75) is 38.6 Å². The number of nitrogens with two attached hydrogens (primary N) is 1. The number of nitrogens with zero attached hydrogens (tertiary/aromatic N) is 1. The Morgan fingerprint density at radius 3 is 2.69 bits per heavy atom. The van der Waals surface area contributed by atoms with Gasteiger partial charge in [0.25, 0.3) is 0 Å². The number of amides is 1. The highest BCUT2D eigenvalue weighted by atomic mass is 16.2. The first-order valence-corrected chi connectivity index (χ1v) is 6.35. The lowest BCUT2D eigenvalue weighted by Gasteiger charge is -2.29. The van der Waals surface area contributed by atoms with E-state index in [1.807, 2.05) is 6.92 Å². The monoisotopic (exact) mass is 227 g/mol. The van der Waals surface area contributed by atoms with Crippen LogP contribution in [0, 0.1) is 5.92 Å². The normalized spacial score (nSPS) is 20.7. The largest absolute Gasteiger partial charge is 0.354 e. The zero-order valence-electron chi connectivity index (χ0n) is 10.5. The number of rotatable bonds is 5. The summed E-state index contributed by atoms with van der Waals surface area (Å²) in [5.41, 5.74) is 5.75. The average Bonchev–Trinajstić information content (AvgIpc) is 2.28. The minimum atomic E-state index is -0.323. The molecule has 0 bridgehead atoms. The second-order valence-corrected chi connectivity index (χ2v) is 4.89. The highest BCUT2D eigenvalue weighted by Gasteiger charge is 2.18. The smallest absolute Gasteiger partial charge is 0.236 e. The van der Waals surface area contributed by atoms with E-state index in [4.69, 9.17) is 5.73 Å². The standard InChI is InChI=1S/C12H25N3O/c1-3-4-11(13)12(16)14-9-10-5-7-15(2)8-6-10/h10-11H,3-9,13H2,1-2H3,(H,14,16). The van der Waals surface area contributed by atoms with Gasteiger partial charge in [-0.1, -0.05) is 13.3 Å². The van der Waals surface area contributed by atoms with E-state index in [9.17, 15) is 4.79 Å². The van der Waals surface area contributed by atoms with Crippen molar-refractivity contribution >= 4 is 5.91 Å². The molecule has 0 radical (unpaired) electrons. The van der Waals surface area contributed by atoms with Crippen LogP contribution in [-0.2, 0) is 4.79 Å². The van der Waals surface area contributed by atoms with Crippen LogP contribution in [0.4, 0.5) is 0 Å². The molecule has 1 unspecified atom stereocenters. The van der Waals surface area contributed by atoms with Gasteiger partial charge in [-0.15, -0.1) is 0 Å². The highest BCUT2D eigenvalue weighted by molar-refractivity contribution is 5.81. The predicted molar refractivity (Wildman–Crippen MR) is 66.1 cm³/mol. The van der Waals surface area contributed by atoms with Crippen molar-refractivity contribution in [2.24, 2.45) is 11.7 Å². The molecule has 0 aromatic heterocycles. The van der Waals surface area contributed by atoms with Crippen molar-refractivity contribution in [2.75, 3.05) is 26.7 Å². The molecule has 4 nitrogen and oxygen atoms in total. The molecule has 1 atom stereocenters. The Kier molecular flexibility index (Phi) is 5.77. The average molecular weight is 227 g/mol. The maximum absolute atomic E-state index is 11.6. The van der Waals surface area contributed by atoms with Crippen LogP contribution in [0.15, 0.2) is 0 Å². The lowest BCUT2D eigenvalue weighted by molar-refractivity contribution is -0.122. The third kappa shape index (κ3) is 4.49. The summed E-state index contributed by atoms with van der Waals surface area (Å²) in [6.07, 6.45) is 4.10. The summed E-state index contributed by atoms with van der Waals surface area (Å²) < 4.78 is 0. The Balaban J connectivity index is 2.16. The molecule has 1 saturated heterocycles. The molecule has 3 N–H and O–H groups in total. The second-order valence-electron chi connectivity index (χ2n) is 4.89. The van der Waals surface area contributed by atoms with Gasteiger partial charge >= 0.3 is 0 Å². The summed E-state index contributed by atoms with van der Waals surface area (Å²) in [5, 5.41) is 2.97. The molecule has 1 heterocycles. The van der Waals surface area contributed by atoms with Gasteiger partial charge in [0.05, 0.1) is 6.04 Å². The van der Waals surface area contributed by atoms with E-state index in [2.05, 4.69) is 17.3 Å². The molecule has 1 rings (SSSR count). The van der Waals surface area contributed by atoms with Crippen LogP contribution < -0.4 is 11.1 Å². The van der Waals surface area contributed by atoms with Crippen molar-refractivity contribution < 1.29 is 4.79 Å². The van der Waals surface area contributed by atoms with Gasteiger partial charge in [-0.25, -0.2) is 0 Å². The summed E-state index contributed by atoms with van der Waals surface area (Å²) in [7, 11) is 2.14. The molecule has 4 heteroatoms. The number of carbonyl (C=O) groups is 1. The topological polar surface area (TPSA) is 58.4 Å². The number of carbonyl (C=O) groups excluding carboxylic acids is 1. The highest BCUT2D eigenvalue weighted by Crippen LogP contribution is 2.14. The predicted octanol–water partition coefficient (Wildman–Crippen LogP) is 0.572. The van der Waals surface area contributed by atoms with E-state index < -0.39 is 0 Å². The molecule has 1 aliphatic rings. The fourth-order valence-electron chi connectivity index (χ4n) is 2.08. The van der Waals surface area contributed by atoms with E-state index in [1.165, 1.54) is 12.8 Å². The first-order valence-electron chi connectivity index (χ1n) is 6.35. The Morgan fingerprint density at radius 1 is 1.50 bits per heavy atom. The minimum Gasteiger partial charge on any atom is -0.354 e. The molecule has 0 saturated carbocycles. The Bertz CT molecular complexity index is 212. The third-order valence-electron chi connectivity index (χ3n) is 3.34. The Labute approximate surface area is 98.6 Å². The van der Waals surface area contributed by atoms with Gasteiger partial charge < -0.3 is 16.0 Å². The first-order chi connectivity index (χ1) is 7.63. The molecular weight excluding hydrogens is 202 g/mol. The lowest BCUT2D eigenvalue weighted by Crippen LogP contribution is -2.43. The maximum atomic E-state index is 11.6. The van der Waals surface area contributed by atoms with Gasteiger partial charge in [-0.3, -0.25) is 4.79 Å². The van der Waals surface area contributed by atoms with Crippen molar-refractivity contribution in [3.63, 3.8) is 0 Å². The Morgan fingerprint density at radius 2 is 2.12 bits per heavy atom. The summed E-state index contributed by atoms with van der Waals surface area (Å²) in [5.74, 6) is 0.648. The number of hydrogen-bond acceptors (Lipinski definition) is 3.